The van der Waals surface area contributed by atoms with Crippen LogP contribution in [0.1, 0.15) is 6.42 Å². The summed E-state index contributed by atoms with van der Waals surface area (Å²) >= 11 is 1.64. The van der Waals surface area contributed by atoms with Gasteiger partial charge in [0, 0.05) is 23.9 Å². The molecule has 0 spiro atoms. The van der Waals surface area contributed by atoms with Crippen molar-refractivity contribution in [1.29, 1.82) is 0 Å². The second kappa shape index (κ2) is 6.63. The highest BCUT2D eigenvalue weighted by atomic mass is 32.2. The van der Waals surface area contributed by atoms with E-state index in [9.17, 15) is 0 Å². The Balaban J connectivity index is 2.42. The fourth-order valence-corrected chi connectivity index (χ4v) is 2.76. The van der Waals surface area contributed by atoms with Crippen LogP contribution in [0, 0.1) is 0 Å². The van der Waals surface area contributed by atoms with Crippen molar-refractivity contribution in [3.05, 3.63) is 24.4 Å². The summed E-state index contributed by atoms with van der Waals surface area (Å²) in [5, 5.41) is 11.9. The van der Waals surface area contributed by atoms with Gasteiger partial charge in [0.15, 0.2) is 11.5 Å². The van der Waals surface area contributed by atoms with Crippen LogP contribution < -0.4 is 9.47 Å². The molecule has 0 bridgehead atoms. The highest BCUT2D eigenvalue weighted by molar-refractivity contribution is 7.99. The van der Waals surface area contributed by atoms with Gasteiger partial charge in [0.2, 0.25) is 0 Å². The van der Waals surface area contributed by atoms with Crippen molar-refractivity contribution in [2.24, 2.45) is 0 Å². The molecule has 1 heterocycles. The summed E-state index contributed by atoms with van der Waals surface area (Å²) in [6.07, 6.45) is 2.55. The van der Waals surface area contributed by atoms with Crippen molar-refractivity contribution in [2.75, 3.05) is 26.6 Å². The van der Waals surface area contributed by atoms with Crippen LogP contribution in [0.4, 0.5) is 0 Å². The van der Waals surface area contributed by atoms with Gasteiger partial charge in [-0.1, -0.05) is 0 Å². The third-order valence-corrected chi connectivity index (χ3v) is 3.86. The third kappa shape index (κ3) is 3.11. The molecule has 0 saturated carbocycles. The highest BCUT2D eigenvalue weighted by Crippen LogP contribution is 2.35. The first kappa shape index (κ1) is 14.0. The summed E-state index contributed by atoms with van der Waals surface area (Å²) in [6, 6.07) is 5.85. The number of methoxy groups -OCH3 is 2. The van der Waals surface area contributed by atoms with Gasteiger partial charge in [-0.15, -0.1) is 11.8 Å². The molecule has 0 atom stereocenters. The van der Waals surface area contributed by atoms with E-state index in [2.05, 4.69) is 4.98 Å². The molecule has 0 saturated heterocycles. The molecule has 0 amide bonds. The Kier molecular flexibility index (Phi) is 4.87. The molecular weight excluding hydrogens is 262 g/mol. The first-order valence-electron chi connectivity index (χ1n) is 6.04. The molecule has 2 aromatic rings. The van der Waals surface area contributed by atoms with Crippen LogP contribution in [0.5, 0.6) is 11.5 Å². The van der Waals surface area contributed by atoms with Gasteiger partial charge in [-0.05, 0) is 30.0 Å². The van der Waals surface area contributed by atoms with E-state index in [1.807, 2.05) is 18.2 Å². The average molecular weight is 279 g/mol. The smallest absolute Gasteiger partial charge is 0.161 e. The minimum atomic E-state index is 0.203. The number of hydrogen-bond acceptors (Lipinski definition) is 5. The van der Waals surface area contributed by atoms with E-state index < -0.39 is 0 Å². The third-order valence-electron chi connectivity index (χ3n) is 2.77. The molecule has 0 aliphatic rings. The number of ether oxygens (including phenoxy) is 2. The maximum absolute atomic E-state index is 8.84. The minimum absolute atomic E-state index is 0.203. The first-order valence-corrected chi connectivity index (χ1v) is 7.03. The zero-order valence-corrected chi connectivity index (χ0v) is 11.9. The molecule has 1 aromatic heterocycles. The standard InChI is InChI=1S/C14H17NO3S/c1-17-12-8-10-4-5-15-14(19-7-3-6-16)11(10)9-13(12)18-2/h4-5,8-9,16H,3,6-7H2,1-2H3. The van der Waals surface area contributed by atoms with Crippen molar-refractivity contribution in [3.63, 3.8) is 0 Å². The van der Waals surface area contributed by atoms with Crippen molar-refractivity contribution in [2.45, 2.75) is 11.4 Å². The molecule has 19 heavy (non-hydrogen) atoms. The second-order valence-electron chi connectivity index (χ2n) is 3.97. The molecule has 0 radical (unpaired) electrons. The van der Waals surface area contributed by atoms with Gasteiger partial charge in [-0.25, -0.2) is 4.98 Å². The van der Waals surface area contributed by atoms with Crippen molar-refractivity contribution in [3.8, 4) is 11.5 Å². The van der Waals surface area contributed by atoms with Gasteiger partial charge >= 0.3 is 0 Å². The van der Waals surface area contributed by atoms with E-state index in [-0.39, 0.29) is 6.61 Å². The molecule has 1 N–H and O–H groups in total. The molecule has 4 nitrogen and oxygen atoms in total. The lowest BCUT2D eigenvalue weighted by Gasteiger charge is -2.11. The zero-order valence-electron chi connectivity index (χ0n) is 11.0. The lowest BCUT2D eigenvalue weighted by molar-refractivity contribution is 0.296. The van der Waals surface area contributed by atoms with E-state index in [1.165, 1.54) is 0 Å². The van der Waals surface area contributed by atoms with E-state index in [0.29, 0.717) is 11.5 Å². The van der Waals surface area contributed by atoms with E-state index in [1.54, 1.807) is 32.2 Å². The number of fused-ring (bicyclic) bond motifs is 1. The van der Waals surface area contributed by atoms with Gasteiger partial charge < -0.3 is 14.6 Å². The molecule has 1 aromatic carbocycles. The van der Waals surface area contributed by atoms with Gasteiger partial charge in [0.1, 0.15) is 5.03 Å². The lowest BCUT2D eigenvalue weighted by Crippen LogP contribution is -1.93. The molecule has 0 aliphatic heterocycles. The van der Waals surface area contributed by atoms with E-state index >= 15 is 0 Å². The molecule has 102 valence electrons. The molecule has 0 aliphatic carbocycles. The van der Waals surface area contributed by atoms with Gasteiger partial charge in [-0.3, -0.25) is 0 Å². The number of pyridine rings is 1. The first-order chi connectivity index (χ1) is 9.30. The van der Waals surface area contributed by atoms with Crippen molar-refractivity contribution >= 4 is 22.5 Å². The maximum Gasteiger partial charge on any atom is 0.161 e. The predicted molar refractivity (Wildman–Crippen MR) is 77.3 cm³/mol. The number of nitrogens with zero attached hydrogens (tertiary/aromatic N) is 1. The van der Waals surface area contributed by atoms with Crippen LogP contribution in [0.2, 0.25) is 0 Å². The second-order valence-corrected chi connectivity index (χ2v) is 5.05. The topological polar surface area (TPSA) is 51.6 Å². The van der Waals surface area contributed by atoms with Crippen LogP contribution in [0.3, 0.4) is 0 Å². The predicted octanol–water partition coefficient (Wildman–Crippen LogP) is 2.73. The highest BCUT2D eigenvalue weighted by Gasteiger charge is 2.09. The lowest BCUT2D eigenvalue weighted by atomic mass is 10.1. The summed E-state index contributed by atoms with van der Waals surface area (Å²) in [5.41, 5.74) is 0. The Morgan fingerprint density at radius 2 is 1.95 bits per heavy atom. The minimum Gasteiger partial charge on any atom is -0.493 e. The Morgan fingerprint density at radius 3 is 2.63 bits per heavy atom. The van der Waals surface area contributed by atoms with E-state index in [0.717, 1.165) is 28.0 Å². The zero-order chi connectivity index (χ0) is 13.7. The fourth-order valence-electron chi connectivity index (χ4n) is 1.82. The molecule has 2 rings (SSSR count). The van der Waals surface area contributed by atoms with Crippen LogP contribution in [0.15, 0.2) is 29.4 Å². The molecule has 0 fully saturated rings. The van der Waals surface area contributed by atoms with Gasteiger partial charge in [0.05, 0.1) is 14.2 Å². The van der Waals surface area contributed by atoms with Crippen LogP contribution in [-0.4, -0.2) is 36.7 Å². The number of rotatable bonds is 6. The number of aliphatic hydroxyl groups excluding tert-OH is 1. The maximum atomic E-state index is 8.84. The van der Waals surface area contributed by atoms with Crippen LogP contribution in [0.25, 0.3) is 10.8 Å². The van der Waals surface area contributed by atoms with Crippen molar-refractivity contribution < 1.29 is 14.6 Å². The van der Waals surface area contributed by atoms with Crippen LogP contribution >= 0.6 is 11.8 Å². The average Bonchev–Trinajstić information content (AvgIpc) is 2.46. The number of thioether (sulfide) groups is 1. The Hall–Kier alpha value is -1.46. The summed E-state index contributed by atoms with van der Waals surface area (Å²) < 4.78 is 10.6. The Labute approximate surface area is 116 Å². The summed E-state index contributed by atoms with van der Waals surface area (Å²) in [4.78, 5) is 4.39. The molecule has 5 heteroatoms. The number of aromatic nitrogens is 1. The molecular formula is C14H17NO3S. The summed E-state index contributed by atoms with van der Waals surface area (Å²) in [5.74, 6) is 2.26. The SMILES string of the molecule is COc1cc2ccnc(SCCCO)c2cc1OC. The van der Waals surface area contributed by atoms with Crippen molar-refractivity contribution in [1.82, 2.24) is 4.98 Å². The number of aliphatic hydroxyl groups is 1. The fraction of sp³-hybridized carbons (Fsp3) is 0.357. The quantitative estimate of drug-likeness (QED) is 0.651. The monoisotopic (exact) mass is 279 g/mol. The van der Waals surface area contributed by atoms with E-state index in [4.69, 9.17) is 14.6 Å². The Bertz CT molecular complexity index is 560. The van der Waals surface area contributed by atoms with Gasteiger partial charge in [0.25, 0.3) is 0 Å². The van der Waals surface area contributed by atoms with Gasteiger partial charge in [-0.2, -0.15) is 0 Å². The summed E-state index contributed by atoms with van der Waals surface area (Å²) in [6.45, 7) is 0.203. The number of benzene rings is 1. The molecule has 0 unspecified atom stereocenters. The largest absolute Gasteiger partial charge is 0.493 e. The summed E-state index contributed by atoms with van der Waals surface area (Å²) in [7, 11) is 3.25. The Morgan fingerprint density at radius 1 is 1.21 bits per heavy atom. The normalized spacial score (nSPS) is 10.7. The number of hydrogen-bond donors (Lipinski definition) is 1. The van der Waals surface area contributed by atoms with Crippen LogP contribution in [-0.2, 0) is 0 Å².